The molecule has 1 aromatic heterocycles. The molecule has 0 saturated carbocycles. The predicted octanol–water partition coefficient (Wildman–Crippen LogP) is 3.87. The molecule has 0 aliphatic carbocycles. The summed E-state index contributed by atoms with van der Waals surface area (Å²) in [7, 11) is -4.41. The lowest BCUT2D eigenvalue weighted by Gasteiger charge is -2.20. The number of carbonyl (C=O) groups is 1. The number of hydrogen-bond donors (Lipinski definition) is 0. The van der Waals surface area contributed by atoms with E-state index in [2.05, 4.69) is 10.1 Å². The van der Waals surface area contributed by atoms with Gasteiger partial charge in [-0.15, -0.1) is 5.10 Å². The van der Waals surface area contributed by atoms with Crippen LogP contribution in [-0.2, 0) is 16.0 Å². The minimum Gasteiger partial charge on any atom is -0.323 e. The van der Waals surface area contributed by atoms with Gasteiger partial charge in [-0.2, -0.15) is 17.9 Å². The normalized spacial score (nSPS) is 12.2. The molecular weight excluding hydrogens is 421 g/mol. The van der Waals surface area contributed by atoms with Crippen LogP contribution in [-0.4, -0.2) is 47.2 Å². The summed E-state index contributed by atoms with van der Waals surface area (Å²) in [5, 5.41) is 2.36. The van der Waals surface area contributed by atoms with Crippen molar-refractivity contribution in [2.45, 2.75) is 42.9 Å². The standard InChI is InChI=1S/C16H18ClF3N4O3S/c1-3-7-23(8-4-2)15(25)24-10-21-14(22-24)28(26,27)13-6-5-11(9-12(13)17)16(18,19)20/h5-6,9-10H,3-4,7-8H2,1-2H3. The molecule has 0 aliphatic heterocycles. The number of hydrogen-bond acceptors (Lipinski definition) is 5. The lowest BCUT2D eigenvalue weighted by Crippen LogP contribution is -2.36. The number of halogens is 4. The van der Waals surface area contributed by atoms with Gasteiger partial charge in [0, 0.05) is 13.1 Å². The molecule has 0 aliphatic rings. The first-order chi connectivity index (χ1) is 13.0. The largest absolute Gasteiger partial charge is 0.416 e. The molecule has 2 aromatic rings. The highest BCUT2D eigenvalue weighted by Gasteiger charge is 2.33. The van der Waals surface area contributed by atoms with Crippen LogP contribution in [0.2, 0.25) is 5.02 Å². The first-order valence-corrected chi connectivity index (χ1v) is 10.2. The van der Waals surface area contributed by atoms with Gasteiger partial charge in [-0.1, -0.05) is 25.4 Å². The Morgan fingerprint density at radius 2 is 1.82 bits per heavy atom. The SMILES string of the molecule is CCCN(CCC)C(=O)n1cnc(S(=O)(=O)c2ccc(C(F)(F)F)cc2Cl)n1. The molecule has 0 fully saturated rings. The Morgan fingerprint density at radius 3 is 2.32 bits per heavy atom. The molecule has 0 N–H and O–H groups in total. The van der Waals surface area contributed by atoms with Gasteiger partial charge >= 0.3 is 12.2 Å². The summed E-state index contributed by atoms with van der Waals surface area (Å²) in [6.45, 7) is 4.69. The summed E-state index contributed by atoms with van der Waals surface area (Å²) < 4.78 is 64.3. The van der Waals surface area contributed by atoms with Crippen LogP contribution in [0.5, 0.6) is 0 Å². The summed E-state index contributed by atoms with van der Waals surface area (Å²) in [4.78, 5) is 17.0. The Bertz CT molecular complexity index is 954. The Kier molecular flexibility index (Phi) is 6.71. The van der Waals surface area contributed by atoms with E-state index in [1.165, 1.54) is 4.90 Å². The maximum Gasteiger partial charge on any atom is 0.416 e. The zero-order valence-electron chi connectivity index (χ0n) is 15.1. The van der Waals surface area contributed by atoms with E-state index in [4.69, 9.17) is 11.6 Å². The van der Waals surface area contributed by atoms with Crippen LogP contribution >= 0.6 is 11.6 Å². The molecule has 28 heavy (non-hydrogen) atoms. The molecule has 2 rings (SSSR count). The number of sulfone groups is 1. The zero-order valence-corrected chi connectivity index (χ0v) is 16.6. The molecule has 12 heteroatoms. The van der Waals surface area contributed by atoms with Gasteiger partial charge in [0.15, 0.2) is 0 Å². The maximum atomic E-state index is 12.7. The molecule has 0 atom stereocenters. The lowest BCUT2D eigenvalue weighted by molar-refractivity contribution is -0.137. The number of rotatable bonds is 6. The molecular formula is C16H18ClF3N4O3S. The minimum atomic E-state index is -4.67. The van der Waals surface area contributed by atoms with Crippen molar-refractivity contribution in [3.63, 3.8) is 0 Å². The number of benzene rings is 1. The van der Waals surface area contributed by atoms with Gasteiger partial charge in [-0.3, -0.25) is 0 Å². The maximum absolute atomic E-state index is 12.7. The third-order valence-corrected chi connectivity index (χ3v) is 5.74. The first-order valence-electron chi connectivity index (χ1n) is 8.35. The van der Waals surface area contributed by atoms with Crippen molar-refractivity contribution in [1.82, 2.24) is 19.7 Å². The van der Waals surface area contributed by atoms with Crippen molar-refractivity contribution < 1.29 is 26.4 Å². The Balaban J connectivity index is 2.37. The number of amides is 1. The van der Waals surface area contributed by atoms with Crippen LogP contribution in [0.25, 0.3) is 0 Å². The molecule has 7 nitrogen and oxygen atoms in total. The van der Waals surface area contributed by atoms with Crippen LogP contribution in [0.1, 0.15) is 32.3 Å². The van der Waals surface area contributed by atoms with E-state index in [1.807, 2.05) is 13.8 Å². The van der Waals surface area contributed by atoms with E-state index in [0.29, 0.717) is 38.1 Å². The Labute approximate surface area is 165 Å². The van der Waals surface area contributed by atoms with Gasteiger partial charge in [-0.25, -0.2) is 18.2 Å². The van der Waals surface area contributed by atoms with Gasteiger partial charge in [0.05, 0.1) is 15.5 Å². The Morgan fingerprint density at radius 1 is 1.21 bits per heavy atom. The second-order valence-corrected chi connectivity index (χ2v) is 8.11. The van der Waals surface area contributed by atoms with Gasteiger partial charge in [0.25, 0.3) is 5.16 Å². The summed E-state index contributed by atoms with van der Waals surface area (Å²) in [5.41, 5.74) is -1.08. The highest BCUT2D eigenvalue weighted by molar-refractivity contribution is 7.91. The smallest absolute Gasteiger partial charge is 0.323 e. The van der Waals surface area contributed by atoms with Crippen molar-refractivity contribution in [2.75, 3.05) is 13.1 Å². The first kappa shape index (κ1) is 22.2. The second-order valence-electron chi connectivity index (χ2n) is 5.89. The van der Waals surface area contributed by atoms with E-state index < -0.39 is 42.7 Å². The fraction of sp³-hybridized carbons (Fsp3) is 0.438. The number of aromatic nitrogens is 3. The predicted molar refractivity (Wildman–Crippen MR) is 94.9 cm³/mol. The van der Waals surface area contributed by atoms with Crippen LogP contribution < -0.4 is 0 Å². The summed E-state index contributed by atoms with van der Waals surface area (Å²) in [6, 6.07) is 1.31. The molecule has 0 radical (unpaired) electrons. The van der Waals surface area contributed by atoms with E-state index >= 15 is 0 Å². The van der Waals surface area contributed by atoms with Crippen molar-refractivity contribution in [3.8, 4) is 0 Å². The van der Waals surface area contributed by atoms with Crippen LogP contribution in [0.3, 0.4) is 0 Å². The molecule has 0 spiro atoms. The zero-order chi connectivity index (χ0) is 21.1. The van der Waals surface area contributed by atoms with E-state index in [0.717, 1.165) is 17.1 Å². The Hall–Kier alpha value is -2.14. The second kappa shape index (κ2) is 8.48. The average molecular weight is 439 g/mol. The highest BCUT2D eigenvalue weighted by atomic mass is 35.5. The summed E-state index contributed by atoms with van der Waals surface area (Å²) in [5.74, 6) is 0. The van der Waals surface area contributed by atoms with Crippen molar-refractivity contribution >= 4 is 27.5 Å². The monoisotopic (exact) mass is 438 g/mol. The molecule has 154 valence electrons. The van der Waals surface area contributed by atoms with E-state index in [-0.39, 0.29) is 0 Å². The lowest BCUT2D eigenvalue weighted by atomic mass is 10.2. The van der Waals surface area contributed by atoms with Gasteiger partial charge in [0.2, 0.25) is 9.84 Å². The highest BCUT2D eigenvalue weighted by Crippen LogP contribution is 2.34. The number of alkyl halides is 3. The fourth-order valence-electron chi connectivity index (χ4n) is 2.44. The molecule has 0 unspecified atom stereocenters. The van der Waals surface area contributed by atoms with Crippen molar-refractivity contribution in [1.29, 1.82) is 0 Å². The molecule has 0 bridgehead atoms. The number of carbonyl (C=O) groups excluding carboxylic acids is 1. The average Bonchev–Trinajstić information content (AvgIpc) is 3.10. The van der Waals surface area contributed by atoms with Crippen molar-refractivity contribution in [3.05, 3.63) is 35.1 Å². The molecule has 1 aromatic carbocycles. The van der Waals surface area contributed by atoms with Gasteiger partial charge in [-0.05, 0) is 31.0 Å². The quantitative estimate of drug-likeness (QED) is 0.683. The third kappa shape index (κ3) is 4.64. The fourth-order valence-corrected chi connectivity index (χ4v) is 4.07. The minimum absolute atomic E-state index is 0.458. The molecule has 1 amide bonds. The topological polar surface area (TPSA) is 85.2 Å². The van der Waals surface area contributed by atoms with Crippen molar-refractivity contribution in [2.24, 2.45) is 0 Å². The summed E-state index contributed by atoms with van der Waals surface area (Å²) in [6.07, 6.45) is -2.31. The van der Waals surface area contributed by atoms with Crippen LogP contribution in [0, 0.1) is 0 Å². The van der Waals surface area contributed by atoms with E-state index in [9.17, 15) is 26.4 Å². The van der Waals surface area contributed by atoms with Gasteiger partial charge < -0.3 is 4.90 Å². The summed E-state index contributed by atoms with van der Waals surface area (Å²) >= 11 is 5.76. The third-order valence-electron chi connectivity index (χ3n) is 3.71. The number of nitrogens with zero attached hydrogens (tertiary/aromatic N) is 4. The van der Waals surface area contributed by atoms with E-state index in [1.54, 1.807) is 0 Å². The van der Waals surface area contributed by atoms with Crippen LogP contribution in [0.4, 0.5) is 18.0 Å². The van der Waals surface area contributed by atoms with Gasteiger partial charge in [0.1, 0.15) is 6.33 Å². The molecule has 0 saturated heterocycles. The van der Waals surface area contributed by atoms with Crippen LogP contribution in [0.15, 0.2) is 34.6 Å². The molecule has 1 heterocycles.